The summed E-state index contributed by atoms with van der Waals surface area (Å²) in [5.41, 5.74) is 0.349. The fourth-order valence-electron chi connectivity index (χ4n) is 1.77. The van der Waals surface area contributed by atoms with Crippen LogP contribution in [0.3, 0.4) is 0 Å². The molecule has 0 saturated heterocycles. The fraction of sp³-hybridized carbons (Fsp3) is 0. The van der Waals surface area contributed by atoms with Gasteiger partial charge in [0.15, 0.2) is 6.29 Å². The van der Waals surface area contributed by atoms with Crippen LogP contribution in [-0.2, 0) is 9.59 Å². The Morgan fingerprint density at radius 1 is 1.06 bits per heavy atom. The van der Waals surface area contributed by atoms with Crippen LogP contribution in [0.5, 0.6) is 0 Å². The number of aldehydes is 1. The van der Waals surface area contributed by atoms with Crippen LogP contribution in [0.15, 0.2) is 40.3 Å². The van der Waals surface area contributed by atoms with E-state index in [9.17, 15) is 14.4 Å². The van der Waals surface area contributed by atoms with Crippen LogP contribution in [0.4, 0.5) is 11.4 Å². The summed E-state index contributed by atoms with van der Waals surface area (Å²) in [5, 5.41) is 1.35. The lowest BCUT2D eigenvalue weighted by molar-refractivity contribution is 0.112. The third-order valence-corrected chi connectivity index (χ3v) is 2.48. The Morgan fingerprint density at radius 3 is 2.44 bits per heavy atom. The molecule has 2 aromatic carbocycles. The molecule has 0 fully saturated rings. The monoisotopic (exact) mass is 238 g/mol. The van der Waals surface area contributed by atoms with Crippen molar-refractivity contribution in [1.29, 1.82) is 0 Å². The highest BCUT2D eigenvalue weighted by Gasteiger charge is 2.12. The lowest BCUT2D eigenvalue weighted by Gasteiger charge is -2.05. The van der Waals surface area contributed by atoms with Crippen LogP contribution in [0.1, 0.15) is 10.4 Å². The minimum Gasteiger partial charge on any atom is -0.298 e. The van der Waals surface area contributed by atoms with E-state index in [1.54, 1.807) is 30.3 Å². The van der Waals surface area contributed by atoms with E-state index < -0.39 is 0 Å². The lowest BCUT2D eigenvalue weighted by Crippen LogP contribution is -1.86. The summed E-state index contributed by atoms with van der Waals surface area (Å²) in [7, 11) is 0. The Kier molecular flexibility index (Phi) is 3.21. The van der Waals surface area contributed by atoms with Crippen molar-refractivity contribution in [1.82, 2.24) is 0 Å². The van der Waals surface area contributed by atoms with Gasteiger partial charge in [-0.3, -0.25) is 4.79 Å². The number of fused-ring (bicyclic) bond motifs is 1. The number of carbonyl (C=O) groups is 1. The third-order valence-electron chi connectivity index (χ3n) is 2.48. The average Bonchev–Trinajstić information content (AvgIpc) is 2.40. The molecule has 0 aliphatic rings. The maximum absolute atomic E-state index is 11.1. The molecule has 0 unspecified atom stereocenters. The first kappa shape index (κ1) is 11.6. The predicted molar refractivity (Wildman–Crippen MR) is 64.9 cm³/mol. The van der Waals surface area contributed by atoms with E-state index in [2.05, 4.69) is 9.98 Å². The highest BCUT2D eigenvalue weighted by molar-refractivity contribution is 6.06. The van der Waals surface area contributed by atoms with Gasteiger partial charge in [0, 0.05) is 0 Å². The van der Waals surface area contributed by atoms with Gasteiger partial charge in [-0.25, -0.2) is 9.59 Å². The highest BCUT2D eigenvalue weighted by atomic mass is 16.1. The maximum Gasteiger partial charge on any atom is 0.240 e. The molecular formula is C13H6N2O3. The molecule has 0 atom stereocenters. The first-order valence-corrected chi connectivity index (χ1v) is 4.98. The Hall–Kier alpha value is -2.87. The van der Waals surface area contributed by atoms with Crippen molar-refractivity contribution >= 4 is 40.6 Å². The van der Waals surface area contributed by atoms with Crippen molar-refractivity contribution in [3.63, 3.8) is 0 Å². The summed E-state index contributed by atoms with van der Waals surface area (Å²) in [5.74, 6) is 0. The third kappa shape index (κ3) is 1.87. The summed E-state index contributed by atoms with van der Waals surface area (Å²) in [6, 6.07) is 8.58. The second kappa shape index (κ2) is 4.97. The van der Waals surface area contributed by atoms with Gasteiger partial charge in [0.05, 0.1) is 5.56 Å². The van der Waals surface area contributed by atoms with E-state index in [0.717, 1.165) is 5.39 Å². The molecule has 5 nitrogen and oxygen atoms in total. The van der Waals surface area contributed by atoms with E-state index in [-0.39, 0.29) is 16.9 Å². The molecule has 0 amide bonds. The van der Waals surface area contributed by atoms with Crippen LogP contribution in [0.2, 0.25) is 0 Å². The molecule has 5 heteroatoms. The molecule has 0 saturated carbocycles. The fourth-order valence-corrected chi connectivity index (χ4v) is 1.77. The van der Waals surface area contributed by atoms with Crippen LogP contribution < -0.4 is 0 Å². The Labute approximate surface area is 101 Å². The van der Waals surface area contributed by atoms with Crippen LogP contribution in [0.25, 0.3) is 10.8 Å². The van der Waals surface area contributed by atoms with Gasteiger partial charge in [-0.05, 0) is 16.8 Å². The summed E-state index contributed by atoms with van der Waals surface area (Å²) in [6.45, 7) is 0. The zero-order valence-electron chi connectivity index (χ0n) is 9.08. The molecule has 86 valence electrons. The minimum atomic E-state index is 0.0297. The molecule has 0 N–H and O–H groups in total. The molecule has 0 heterocycles. The lowest BCUT2D eigenvalue weighted by atomic mass is 10.0. The molecule has 2 aromatic rings. The van der Waals surface area contributed by atoms with Crippen molar-refractivity contribution in [2.75, 3.05) is 0 Å². The molecular weight excluding hydrogens is 232 g/mol. The van der Waals surface area contributed by atoms with Crippen LogP contribution in [0, 0.1) is 0 Å². The summed E-state index contributed by atoms with van der Waals surface area (Å²) >= 11 is 0. The van der Waals surface area contributed by atoms with Gasteiger partial charge in [0.25, 0.3) is 0 Å². The molecule has 0 aliphatic carbocycles. The zero-order valence-corrected chi connectivity index (χ0v) is 9.08. The quantitative estimate of drug-likeness (QED) is 0.468. The van der Waals surface area contributed by atoms with Gasteiger partial charge in [0.2, 0.25) is 12.2 Å². The Bertz CT molecular complexity index is 724. The SMILES string of the molecule is O=C=Nc1cc2ccccc2c(C=O)c1N=C=O. The van der Waals surface area contributed by atoms with Crippen molar-refractivity contribution in [2.45, 2.75) is 0 Å². The molecule has 0 bridgehead atoms. The van der Waals surface area contributed by atoms with Gasteiger partial charge in [0.1, 0.15) is 11.4 Å². The minimum absolute atomic E-state index is 0.0297. The number of hydrogen-bond acceptors (Lipinski definition) is 5. The van der Waals surface area contributed by atoms with E-state index in [1.165, 1.54) is 12.2 Å². The molecule has 0 radical (unpaired) electrons. The van der Waals surface area contributed by atoms with Crippen molar-refractivity contribution < 1.29 is 14.4 Å². The zero-order chi connectivity index (χ0) is 13.0. The average molecular weight is 238 g/mol. The standard InChI is InChI=1S/C13H6N2O3/c16-6-11-10-4-2-1-3-9(10)5-12(14-7-17)13(11)15-8-18/h1-6H. The largest absolute Gasteiger partial charge is 0.298 e. The molecule has 0 spiro atoms. The highest BCUT2D eigenvalue weighted by Crippen LogP contribution is 2.36. The van der Waals surface area contributed by atoms with Gasteiger partial charge in [-0.15, -0.1) is 0 Å². The Balaban J connectivity index is 2.99. The number of aliphatic imine (C=N–C) groups is 2. The number of hydrogen-bond donors (Lipinski definition) is 0. The second-order valence-corrected chi connectivity index (χ2v) is 3.40. The summed E-state index contributed by atoms with van der Waals surface area (Å²) in [4.78, 5) is 38.8. The predicted octanol–water partition coefficient (Wildman–Crippen LogP) is 2.59. The summed E-state index contributed by atoms with van der Waals surface area (Å²) in [6.07, 6.45) is 3.29. The van der Waals surface area contributed by atoms with Crippen molar-refractivity contribution in [3.05, 3.63) is 35.9 Å². The number of isocyanates is 2. The maximum atomic E-state index is 11.1. The van der Waals surface area contributed by atoms with E-state index >= 15 is 0 Å². The molecule has 2 rings (SSSR count). The van der Waals surface area contributed by atoms with Crippen molar-refractivity contribution in [3.8, 4) is 0 Å². The van der Waals surface area contributed by atoms with Crippen LogP contribution >= 0.6 is 0 Å². The topological polar surface area (TPSA) is 75.9 Å². The normalized spacial score (nSPS) is 9.33. The number of carbonyl (C=O) groups excluding carboxylic acids is 3. The van der Waals surface area contributed by atoms with Gasteiger partial charge >= 0.3 is 0 Å². The van der Waals surface area contributed by atoms with E-state index in [0.29, 0.717) is 11.7 Å². The first-order chi connectivity index (χ1) is 8.81. The van der Waals surface area contributed by atoms with Crippen molar-refractivity contribution in [2.24, 2.45) is 9.98 Å². The van der Waals surface area contributed by atoms with Crippen LogP contribution in [-0.4, -0.2) is 18.4 Å². The molecule has 0 aliphatic heterocycles. The van der Waals surface area contributed by atoms with Gasteiger partial charge < -0.3 is 0 Å². The Morgan fingerprint density at radius 2 is 1.78 bits per heavy atom. The van der Waals surface area contributed by atoms with E-state index in [4.69, 9.17) is 0 Å². The smallest absolute Gasteiger partial charge is 0.240 e. The first-order valence-electron chi connectivity index (χ1n) is 4.98. The molecule has 0 aromatic heterocycles. The van der Waals surface area contributed by atoms with Gasteiger partial charge in [-0.1, -0.05) is 24.3 Å². The number of rotatable bonds is 3. The summed E-state index contributed by atoms with van der Waals surface area (Å²) < 4.78 is 0. The van der Waals surface area contributed by atoms with E-state index in [1.807, 2.05) is 0 Å². The number of benzene rings is 2. The molecule has 18 heavy (non-hydrogen) atoms. The second-order valence-electron chi connectivity index (χ2n) is 3.40. The van der Waals surface area contributed by atoms with Gasteiger partial charge in [-0.2, -0.15) is 9.98 Å². The number of nitrogens with zero attached hydrogens (tertiary/aromatic N) is 2.